The van der Waals surface area contributed by atoms with Crippen molar-refractivity contribution in [3.8, 4) is 0 Å². The molecule has 2 nitrogen and oxygen atoms in total. The minimum absolute atomic E-state index is 0.631. The van der Waals surface area contributed by atoms with Gasteiger partial charge in [-0.15, -0.1) is 11.3 Å². The summed E-state index contributed by atoms with van der Waals surface area (Å²) in [4.78, 5) is 8.75. The Morgan fingerprint density at radius 3 is 3.00 bits per heavy atom. The van der Waals surface area contributed by atoms with Crippen LogP contribution >= 0.6 is 11.3 Å². The third-order valence-electron chi connectivity index (χ3n) is 4.25. The van der Waals surface area contributed by atoms with Crippen LogP contribution in [0.25, 0.3) is 0 Å². The van der Waals surface area contributed by atoms with Gasteiger partial charge in [-0.1, -0.05) is 30.3 Å². The van der Waals surface area contributed by atoms with Crippen molar-refractivity contribution < 1.29 is 0 Å². The molecule has 1 aromatic heterocycles. The molecule has 1 aromatic carbocycles. The lowest BCUT2D eigenvalue weighted by Crippen LogP contribution is -2.36. The Balaban J connectivity index is 1.64. The van der Waals surface area contributed by atoms with Gasteiger partial charge in [-0.2, -0.15) is 0 Å². The fourth-order valence-electron chi connectivity index (χ4n) is 3.40. The summed E-state index contributed by atoms with van der Waals surface area (Å²) in [5, 5.41) is 0. The fourth-order valence-corrected chi connectivity index (χ4v) is 4.37. The zero-order chi connectivity index (χ0) is 11.9. The number of rotatable bonds is 2. The van der Waals surface area contributed by atoms with Gasteiger partial charge in [0.25, 0.3) is 0 Å². The first-order chi connectivity index (χ1) is 8.92. The molecule has 2 atom stereocenters. The molecule has 0 saturated carbocycles. The van der Waals surface area contributed by atoms with Gasteiger partial charge in [-0.3, -0.25) is 4.90 Å². The van der Waals surface area contributed by atoms with Crippen molar-refractivity contribution >= 4 is 11.3 Å². The summed E-state index contributed by atoms with van der Waals surface area (Å²) in [6, 6.07) is 12.2. The Morgan fingerprint density at radius 1 is 1.22 bits per heavy atom. The molecule has 0 amide bonds. The van der Waals surface area contributed by atoms with Gasteiger partial charge in [0.2, 0.25) is 0 Å². The van der Waals surface area contributed by atoms with Crippen LogP contribution in [-0.4, -0.2) is 15.9 Å². The highest BCUT2D eigenvalue weighted by Crippen LogP contribution is 2.45. The number of benzene rings is 1. The molecule has 0 radical (unpaired) electrons. The van der Waals surface area contributed by atoms with E-state index in [0.717, 1.165) is 13.0 Å². The monoisotopic (exact) mass is 256 g/mol. The number of fused-ring (bicyclic) bond motifs is 4. The van der Waals surface area contributed by atoms with Crippen LogP contribution < -0.4 is 0 Å². The Morgan fingerprint density at radius 2 is 2.11 bits per heavy atom. The van der Waals surface area contributed by atoms with Gasteiger partial charge in [0, 0.05) is 29.9 Å². The van der Waals surface area contributed by atoms with Crippen molar-refractivity contribution in [1.82, 2.24) is 9.88 Å². The first kappa shape index (κ1) is 10.7. The molecule has 3 heterocycles. The Kier molecular flexibility index (Phi) is 2.49. The zero-order valence-electron chi connectivity index (χ0n) is 10.2. The highest BCUT2D eigenvalue weighted by Gasteiger charge is 2.40. The largest absolute Gasteiger partial charge is 0.288 e. The molecule has 2 aliphatic rings. The topological polar surface area (TPSA) is 16.1 Å². The van der Waals surface area contributed by atoms with Crippen LogP contribution in [0.1, 0.15) is 35.0 Å². The number of aromatic nitrogens is 1. The fraction of sp³-hybridized carbons (Fsp3) is 0.400. The molecule has 0 aliphatic carbocycles. The lowest BCUT2D eigenvalue weighted by Gasteiger charge is -2.34. The Hall–Kier alpha value is -1.19. The van der Waals surface area contributed by atoms with Crippen molar-refractivity contribution in [2.24, 2.45) is 0 Å². The zero-order valence-corrected chi connectivity index (χ0v) is 11.1. The molecule has 3 heteroatoms. The summed E-state index contributed by atoms with van der Waals surface area (Å²) < 4.78 is 0. The molecular weight excluding hydrogens is 240 g/mol. The third kappa shape index (κ3) is 1.62. The normalized spacial score (nSPS) is 26.2. The first-order valence-corrected chi connectivity index (χ1v) is 7.52. The van der Waals surface area contributed by atoms with Crippen LogP contribution in [0, 0.1) is 0 Å². The van der Waals surface area contributed by atoms with Gasteiger partial charge in [0.15, 0.2) is 0 Å². The maximum Gasteiger partial charge on any atom is 0.0798 e. The van der Waals surface area contributed by atoms with E-state index in [1.807, 2.05) is 16.8 Å². The van der Waals surface area contributed by atoms with Crippen molar-refractivity contribution in [3.05, 3.63) is 52.0 Å². The van der Waals surface area contributed by atoms with Crippen LogP contribution in [0.4, 0.5) is 0 Å². The van der Waals surface area contributed by atoms with Crippen molar-refractivity contribution in [1.29, 1.82) is 0 Å². The smallest absolute Gasteiger partial charge is 0.0798 e. The lowest BCUT2D eigenvalue weighted by molar-refractivity contribution is 0.170. The molecule has 92 valence electrons. The molecule has 18 heavy (non-hydrogen) atoms. The molecule has 2 aromatic rings. The van der Waals surface area contributed by atoms with E-state index >= 15 is 0 Å². The SMILES string of the molecule is c1ccc(CN2C3CCC2c2scnc2C3)cc1. The molecule has 4 rings (SSSR count). The second-order valence-corrected chi connectivity index (χ2v) is 6.16. The molecule has 0 spiro atoms. The minimum atomic E-state index is 0.631. The standard InChI is InChI=1S/C15H16N2S/c1-2-4-11(5-3-1)9-17-12-6-7-14(17)15-13(8-12)16-10-18-15/h1-5,10,12,14H,6-9H2. The minimum Gasteiger partial charge on any atom is -0.288 e. The molecule has 0 N–H and O–H groups in total. The molecule has 1 saturated heterocycles. The summed E-state index contributed by atoms with van der Waals surface area (Å²) in [5.74, 6) is 0. The maximum atomic E-state index is 4.53. The van der Waals surface area contributed by atoms with Crippen molar-refractivity contribution in [2.75, 3.05) is 0 Å². The molecule has 2 unspecified atom stereocenters. The second kappa shape index (κ2) is 4.18. The van der Waals surface area contributed by atoms with E-state index in [2.05, 4.69) is 40.2 Å². The van der Waals surface area contributed by atoms with Crippen molar-refractivity contribution in [3.63, 3.8) is 0 Å². The predicted molar refractivity (Wildman–Crippen MR) is 73.6 cm³/mol. The van der Waals surface area contributed by atoms with Gasteiger partial charge in [0.05, 0.1) is 11.2 Å². The van der Waals surface area contributed by atoms with E-state index < -0.39 is 0 Å². The summed E-state index contributed by atoms with van der Waals surface area (Å²) in [7, 11) is 0. The second-order valence-electron chi connectivity index (χ2n) is 5.27. The van der Waals surface area contributed by atoms with Crippen molar-refractivity contribution in [2.45, 2.75) is 37.9 Å². The quantitative estimate of drug-likeness (QED) is 0.818. The van der Waals surface area contributed by atoms with Crippen LogP contribution in [0.15, 0.2) is 35.8 Å². The summed E-state index contributed by atoms with van der Waals surface area (Å²) in [5.41, 5.74) is 4.82. The van der Waals surface area contributed by atoms with Gasteiger partial charge < -0.3 is 0 Å². The van der Waals surface area contributed by atoms with Gasteiger partial charge >= 0.3 is 0 Å². The average Bonchev–Trinajstić information content (AvgIpc) is 2.97. The molecule has 1 fully saturated rings. The lowest BCUT2D eigenvalue weighted by atomic mass is 10.0. The van der Waals surface area contributed by atoms with Crippen LogP contribution in [0.5, 0.6) is 0 Å². The summed E-state index contributed by atoms with van der Waals surface area (Å²) >= 11 is 1.85. The highest BCUT2D eigenvalue weighted by molar-refractivity contribution is 7.09. The number of hydrogen-bond donors (Lipinski definition) is 0. The highest BCUT2D eigenvalue weighted by atomic mass is 32.1. The Bertz CT molecular complexity index is 549. The van der Waals surface area contributed by atoms with Crippen LogP contribution in [-0.2, 0) is 13.0 Å². The number of hydrogen-bond acceptors (Lipinski definition) is 3. The Labute approximate surface area is 111 Å². The summed E-state index contributed by atoms with van der Waals surface area (Å²) in [6.45, 7) is 1.09. The van der Waals surface area contributed by atoms with Gasteiger partial charge in [-0.25, -0.2) is 4.98 Å². The van der Waals surface area contributed by atoms with Crippen LogP contribution in [0.2, 0.25) is 0 Å². The number of thiazole rings is 1. The van der Waals surface area contributed by atoms with Gasteiger partial charge in [0.1, 0.15) is 0 Å². The van der Waals surface area contributed by atoms with Gasteiger partial charge in [-0.05, 0) is 18.4 Å². The maximum absolute atomic E-state index is 4.53. The van der Waals surface area contributed by atoms with E-state index in [-0.39, 0.29) is 0 Å². The van der Waals surface area contributed by atoms with E-state index in [0.29, 0.717) is 12.1 Å². The molecular formula is C15H16N2S. The number of nitrogens with zero attached hydrogens (tertiary/aromatic N) is 2. The summed E-state index contributed by atoms with van der Waals surface area (Å²) in [6.07, 6.45) is 3.80. The van der Waals surface area contributed by atoms with E-state index in [1.54, 1.807) is 0 Å². The predicted octanol–water partition coefficient (Wildman–Crippen LogP) is 3.40. The van der Waals surface area contributed by atoms with E-state index in [4.69, 9.17) is 0 Å². The van der Waals surface area contributed by atoms with Crippen LogP contribution in [0.3, 0.4) is 0 Å². The first-order valence-electron chi connectivity index (χ1n) is 6.64. The molecule has 2 aliphatic heterocycles. The van der Waals surface area contributed by atoms with E-state index in [9.17, 15) is 0 Å². The third-order valence-corrected chi connectivity index (χ3v) is 5.23. The molecule has 2 bridgehead atoms. The van der Waals surface area contributed by atoms with E-state index in [1.165, 1.54) is 29.0 Å². The average molecular weight is 256 g/mol.